The Labute approximate surface area is 94.2 Å². The van der Waals surface area contributed by atoms with Gasteiger partial charge in [-0.25, -0.2) is 0 Å². The van der Waals surface area contributed by atoms with Crippen molar-refractivity contribution in [1.82, 2.24) is 5.32 Å². The normalized spacial score (nSPS) is 14.6. The number of hydrogen-bond donors (Lipinski definition) is 1. The highest BCUT2D eigenvalue weighted by Crippen LogP contribution is 2.31. The molecule has 0 spiro atoms. The molecule has 15 heavy (non-hydrogen) atoms. The predicted molar refractivity (Wildman–Crippen MR) is 60.0 cm³/mol. The van der Waals surface area contributed by atoms with E-state index < -0.39 is 5.51 Å². The first kappa shape index (κ1) is 15.1. The van der Waals surface area contributed by atoms with Gasteiger partial charge in [0.2, 0.25) is 0 Å². The lowest BCUT2D eigenvalue weighted by Gasteiger charge is -2.13. The Morgan fingerprint density at radius 2 is 1.73 bits per heavy atom. The van der Waals surface area contributed by atoms with E-state index in [1.54, 1.807) is 0 Å². The minimum absolute atomic E-state index is 0.0812. The van der Waals surface area contributed by atoms with Crippen LogP contribution < -0.4 is 5.32 Å². The molecule has 0 bridgehead atoms. The Bertz CT molecular complexity index is 159. The van der Waals surface area contributed by atoms with Crippen molar-refractivity contribution in [3.05, 3.63) is 0 Å². The quantitative estimate of drug-likeness (QED) is 0.732. The van der Waals surface area contributed by atoms with Crippen LogP contribution in [0.1, 0.15) is 33.6 Å². The molecular formula is C10H20F3NS. The van der Waals surface area contributed by atoms with Crippen LogP contribution in [0.2, 0.25) is 0 Å². The molecule has 0 aromatic rings. The van der Waals surface area contributed by atoms with Crippen LogP contribution in [0.25, 0.3) is 0 Å². The van der Waals surface area contributed by atoms with Gasteiger partial charge in [-0.2, -0.15) is 13.2 Å². The first-order valence-corrected chi connectivity index (χ1v) is 6.24. The van der Waals surface area contributed by atoms with Crippen LogP contribution in [0.5, 0.6) is 0 Å². The summed E-state index contributed by atoms with van der Waals surface area (Å²) in [6.07, 6.45) is 1.57. The maximum Gasteiger partial charge on any atom is 0.441 e. The van der Waals surface area contributed by atoms with Crippen molar-refractivity contribution in [3.8, 4) is 0 Å². The molecule has 0 radical (unpaired) electrons. The topological polar surface area (TPSA) is 12.0 Å². The summed E-state index contributed by atoms with van der Waals surface area (Å²) >= 11 is 0.0812. The first-order valence-electron chi connectivity index (χ1n) is 5.25. The SMILES string of the molecule is CC(CCNC(C)C)CCSC(F)(F)F. The van der Waals surface area contributed by atoms with Crippen molar-refractivity contribution in [2.45, 2.75) is 45.2 Å². The fourth-order valence-electron chi connectivity index (χ4n) is 1.14. The van der Waals surface area contributed by atoms with E-state index in [-0.39, 0.29) is 17.5 Å². The van der Waals surface area contributed by atoms with E-state index in [2.05, 4.69) is 19.2 Å². The maximum atomic E-state index is 11.8. The molecule has 0 aliphatic rings. The monoisotopic (exact) mass is 243 g/mol. The number of halogens is 3. The molecule has 1 nitrogen and oxygen atoms in total. The number of nitrogens with one attached hydrogen (secondary N) is 1. The van der Waals surface area contributed by atoms with Gasteiger partial charge in [-0.3, -0.25) is 0 Å². The van der Waals surface area contributed by atoms with E-state index in [0.717, 1.165) is 13.0 Å². The summed E-state index contributed by atoms with van der Waals surface area (Å²) in [5.74, 6) is 0.526. The number of thioether (sulfide) groups is 1. The third-order valence-electron chi connectivity index (χ3n) is 2.07. The minimum Gasteiger partial charge on any atom is -0.315 e. The van der Waals surface area contributed by atoms with E-state index in [1.807, 2.05) is 6.92 Å². The molecule has 1 N–H and O–H groups in total. The van der Waals surface area contributed by atoms with Gasteiger partial charge in [0.05, 0.1) is 0 Å². The van der Waals surface area contributed by atoms with Gasteiger partial charge in [-0.05, 0) is 25.3 Å². The lowest BCUT2D eigenvalue weighted by atomic mass is 10.1. The Morgan fingerprint density at radius 3 is 2.20 bits per heavy atom. The molecule has 1 atom stereocenters. The molecular weight excluding hydrogens is 223 g/mol. The summed E-state index contributed by atoms with van der Waals surface area (Å²) in [6.45, 7) is 7.00. The molecule has 0 fully saturated rings. The number of hydrogen-bond acceptors (Lipinski definition) is 2. The molecule has 0 aliphatic heterocycles. The van der Waals surface area contributed by atoms with Crippen molar-refractivity contribution in [2.75, 3.05) is 12.3 Å². The van der Waals surface area contributed by atoms with Crippen LogP contribution in [0.15, 0.2) is 0 Å². The number of rotatable bonds is 7. The van der Waals surface area contributed by atoms with Gasteiger partial charge < -0.3 is 5.32 Å². The number of alkyl halides is 3. The Kier molecular flexibility index (Phi) is 7.44. The molecule has 0 aliphatic carbocycles. The molecule has 0 rings (SSSR count). The Balaban J connectivity index is 3.37. The molecule has 0 amide bonds. The second-order valence-electron chi connectivity index (χ2n) is 4.09. The van der Waals surface area contributed by atoms with Crippen molar-refractivity contribution in [2.24, 2.45) is 5.92 Å². The zero-order valence-corrected chi connectivity index (χ0v) is 10.3. The van der Waals surface area contributed by atoms with Crippen LogP contribution in [-0.4, -0.2) is 23.8 Å². The Morgan fingerprint density at radius 1 is 1.13 bits per heavy atom. The summed E-state index contributed by atoms with van der Waals surface area (Å²) in [5.41, 5.74) is -4.07. The first-order chi connectivity index (χ1) is 6.81. The largest absolute Gasteiger partial charge is 0.441 e. The van der Waals surface area contributed by atoms with Gasteiger partial charge in [0.1, 0.15) is 0 Å². The zero-order chi connectivity index (χ0) is 11.9. The van der Waals surface area contributed by atoms with Crippen molar-refractivity contribution < 1.29 is 13.2 Å². The summed E-state index contributed by atoms with van der Waals surface area (Å²) in [4.78, 5) is 0. The minimum atomic E-state index is -4.07. The van der Waals surface area contributed by atoms with Crippen LogP contribution >= 0.6 is 11.8 Å². The zero-order valence-electron chi connectivity index (χ0n) is 9.53. The molecule has 0 aromatic heterocycles. The van der Waals surface area contributed by atoms with Crippen LogP contribution in [0, 0.1) is 5.92 Å². The van der Waals surface area contributed by atoms with Gasteiger partial charge >= 0.3 is 5.51 Å². The summed E-state index contributed by atoms with van der Waals surface area (Å²) < 4.78 is 35.4. The Hall–Kier alpha value is 0.100. The van der Waals surface area contributed by atoms with E-state index >= 15 is 0 Å². The third-order valence-corrected chi connectivity index (χ3v) is 2.83. The summed E-state index contributed by atoms with van der Waals surface area (Å²) in [6, 6.07) is 0.446. The van der Waals surface area contributed by atoms with Crippen molar-refractivity contribution in [1.29, 1.82) is 0 Å². The van der Waals surface area contributed by atoms with Crippen LogP contribution in [-0.2, 0) is 0 Å². The molecule has 92 valence electrons. The fraction of sp³-hybridized carbons (Fsp3) is 1.00. The van der Waals surface area contributed by atoms with Gasteiger partial charge in [0.15, 0.2) is 0 Å². The van der Waals surface area contributed by atoms with E-state index in [0.29, 0.717) is 18.4 Å². The average Bonchev–Trinajstić information content (AvgIpc) is 2.00. The summed E-state index contributed by atoms with van der Waals surface area (Å²) in [5, 5.41) is 3.25. The second kappa shape index (κ2) is 7.39. The van der Waals surface area contributed by atoms with Crippen LogP contribution in [0.3, 0.4) is 0 Å². The molecule has 0 aromatic carbocycles. The molecule has 0 saturated carbocycles. The van der Waals surface area contributed by atoms with E-state index in [9.17, 15) is 13.2 Å². The van der Waals surface area contributed by atoms with E-state index in [1.165, 1.54) is 0 Å². The van der Waals surface area contributed by atoms with Crippen LogP contribution in [0.4, 0.5) is 13.2 Å². The van der Waals surface area contributed by atoms with E-state index in [4.69, 9.17) is 0 Å². The van der Waals surface area contributed by atoms with Crippen molar-refractivity contribution >= 4 is 11.8 Å². The lowest BCUT2D eigenvalue weighted by Crippen LogP contribution is -2.25. The third kappa shape index (κ3) is 12.0. The summed E-state index contributed by atoms with van der Waals surface area (Å²) in [7, 11) is 0. The van der Waals surface area contributed by atoms with Gasteiger partial charge in [-0.15, -0.1) is 0 Å². The smallest absolute Gasteiger partial charge is 0.315 e. The molecule has 5 heteroatoms. The average molecular weight is 243 g/mol. The maximum absolute atomic E-state index is 11.8. The highest BCUT2D eigenvalue weighted by atomic mass is 32.2. The van der Waals surface area contributed by atoms with Gasteiger partial charge in [0, 0.05) is 11.8 Å². The standard InChI is InChI=1S/C10H20F3NS/c1-8(2)14-6-4-9(3)5-7-15-10(11,12)13/h8-9,14H,4-7H2,1-3H3. The van der Waals surface area contributed by atoms with Gasteiger partial charge in [-0.1, -0.05) is 32.5 Å². The predicted octanol–water partition coefficient (Wildman–Crippen LogP) is 3.65. The highest BCUT2D eigenvalue weighted by Gasteiger charge is 2.27. The van der Waals surface area contributed by atoms with Gasteiger partial charge in [0.25, 0.3) is 0 Å². The molecule has 1 unspecified atom stereocenters. The lowest BCUT2D eigenvalue weighted by molar-refractivity contribution is -0.0328. The molecule has 0 heterocycles. The van der Waals surface area contributed by atoms with Crippen molar-refractivity contribution in [3.63, 3.8) is 0 Å². The highest BCUT2D eigenvalue weighted by molar-refractivity contribution is 8.00. The second-order valence-corrected chi connectivity index (χ2v) is 5.25. The fourth-order valence-corrected chi connectivity index (χ4v) is 1.89. The molecule has 0 saturated heterocycles.